The van der Waals surface area contributed by atoms with E-state index in [-0.39, 0.29) is 0 Å². The Bertz CT molecular complexity index is 506. The van der Waals surface area contributed by atoms with E-state index in [1.54, 1.807) is 42.7 Å². The van der Waals surface area contributed by atoms with Crippen molar-refractivity contribution in [1.29, 1.82) is 0 Å². The molecule has 1 aromatic carbocycles. The third-order valence-corrected chi connectivity index (χ3v) is 14.2. The Morgan fingerprint density at radius 3 is 1.08 bits per heavy atom. The first-order chi connectivity index (χ1) is 11.2. The molecule has 0 bridgehead atoms. The molecule has 24 heavy (non-hydrogen) atoms. The quantitative estimate of drug-likeness (QED) is 0.569. The summed E-state index contributed by atoms with van der Waals surface area (Å²) in [4.78, 5) is 0. The minimum Gasteiger partial charge on any atom is -0.394 e. The second-order valence-electron chi connectivity index (χ2n) is 5.79. The van der Waals surface area contributed by atoms with Crippen molar-refractivity contribution in [3.63, 3.8) is 0 Å². The van der Waals surface area contributed by atoms with Gasteiger partial charge in [-0.2, -0.15) is 0 Å². The van der Waals surface area contributed by atoms with Gasteiger partial charge in [-0.3, -0.25) is 0 Å². The lowest BCUT2D eigenvalue weighted by molar-refractivity contribution is 0.258. The van der Waals surface area contributed by atoms with Crippen LogP contribution >= 0.6 is 0 Å². The van der Waals surface area contributed by atoms with E-state index in [4.69, 9.17) is 26.6 Å². The number of hydrogen-bond acceptors (Lipinski definition) is 6. The van der Waals surface area contributed by atoms with Gasteiger partial charge in [0.25, 0.3) is 0 Å². The van der Waals surface area contributed by atoms with E-state index in [0.717, 1.165) is 15.6 Å². The van der Waals surface area contributed by atoms with E-state index in [0.29, 0.717) is 0 Å². The molecule has 0 amide bonds. The van der Waals surface area contributed by atoms with Gasteiger partial charge in [-0.1, -0.05) is 18.2 Å². The van der Waals surface area contributed by atoms with Crippen molar-refractivity contribution in [3.8, 4) is 0 Å². The molecule has 0 spiro atoms. The predicted octanol–water partition coefficient (Wildman–Crippen LogP) is 0.402. The lowest BCUT2D eigenvalue weighted by atomic mass is 10.3. The average molecular weight is 391 g/mol. The zero-order valence-electron chi connectivity index (χ0n) is 16.2. The van der Waals surface area contributed by atoms with Crippen LogP contribution in [0.3, 0.4) is 0 Å². The smallest absolute Gasteiger partial charge is 0.368 e. The molecule has 0 N–H and O–H groups in total. The highest BCUT2D eigenvalue weighted by Crippen LogP contribution is 2.13. The third kappa shape index (κ3) is 3.74. The summed E-state index contributed by atoms with van der Waals surface area (Å²) in [5, 5.41) is 2.98. The first-order valence-corrected chi connectivity index (χ1v) is 14.6. The summed E-state index contributed by atoms with van der Waals surface area (Å²) >= 11 is 0. The fourth-order valence-electron chi connectivity index (χ4n) is 2.69. The van der Waals surface area contributed by atoms with Gasteiger partial charge in [0.1, 0.15) is 0 Å². The summed E-state index contributed by atoms with van der Waals surface area (Å²) in [5.74, 6) is 0. The Balaban J connectivity index is 3.88. The lowest BCUT2D eigenvalue weighted by Crippen LogP contribution is -2.73. The van der Waals surface area contributed by atoms with Gasteiger partial charge in [0.15, 0.2) is 0 Å². The number of rotatable bonds is 9. The van der Waals surface area contributed by atoms with Crippen molar-refractivity contribution in [2.75, 3.05) is 42.7 Å². The second kappa shape index (κ2) is 8.34. The Labute approximate surface area is 148 Å². The Hall–Kier alpha value is -0.369. The zero-order valence-corrected chi connectivity index (χ0v) is 19.2. The molecular formula is C15H30O6Si3. The maximum absolute atomic E-state index is 5.86. The maximum atomic E-state index is 5.86. The summed E-state index contributed by atoms with van der Waals surface area (Å²) in [7, 11) is 2.13. The first-order valence-electron chi connectivity index (χ1n) is 7.67. The largest absolute Gasteiger partial charge is 0.394 e. The Morgan fingerprint density at radius 2 is 0.833 bits per heavy atom. The van der Waals surface area contributed by atoms with Crippen LogP contribution in [0.5, 0.6) is 0 Å². The fourth-order valence-corrected chi connectivity index (χ4v) is 10.5. The Morgan fingerprint density at radius 1 is 0.542 bits per heavy atom. The fraction of sp³-hybridized carbons (Fsp3) is 0.600. The molecule has 0 aliphatic heterocycles. The van der Waals surface area contributed by atoms with E-state index in [1.165, 1.54) is 0 Å². The van der Waals surface area contributed by atoms with Crippen LogP contribution < -0.4 is 15.6 Å². The molecule has 0 unspecified atom stereocenters. The van der Waals surface area contributed by atoms with Gasteiger partial charge < -0.3 is 26.6 Å². The molecule has 0 saturated carbocycles. The normalized spacial score (nSPS) is 13.4. The van der Waals surface area contributed by atoms with Crippen LogP contribution in [0, 0.1) is 0 Å². The second-order valence-corrected chi connectivity index (χ2v) is 15.5. The van der Waals surface area contributed by atoms with Crippen LogP contribution in [0.1, 0.15) is 0 Å². The van der Waals surface area contributed by atoms with E-state index in [1.807, 2.05) is 37.8 Å². The van der Waals surface area contributed by atoms with Crippen molar-refractivity contribution in [2.24, 2.45) is 0 Å². The Kier molecular flexibility index (Phi) is 7.53. The van der Waals surface area contributed by atoms with Crippen molar-refractivity contribution >= 4 is 41.2 Å². The summed E-state index contributed by atoms with van der Waals surface area (Å²) in [6, 6.07) is 6.05. The molecule has 0 saturated heterocycles. The highest BCUT2D eigenvalue weighted by molar-refractivity contribution is 6.96. The minimum atomic E-state index is -2.70. The van der Waals surface area contributed by atoms with Gasteiger partial charge >= 0.3 is 25.7 Å². The van der Waals surface area contributed by atoms with E-state index < -0.39 is 25.7 Å². The van der Waals surface area contributed by atoms with Gasteiger partial charge in [0.05, 0.1) is 0 Å². The molecule has 0 atom stereocenters. The molecule has 138 valence electrons. The molecule has 0 heterocycles. The lowest BCUT2D eigenvalue weighted by Gasteiger charge is -2.36. The third-order valence-electron chi connectivity index (χ3n) is 4.83. The minimum absolute atomic E-state index is 0.991. The molecule has 6 nitrogen and oxygen atoms in total. The predicted molar refractivity (Wildman–Crippen MR) is 102 cm³/mol. The van der Waals surface area contributed by atoms with Crippen LogP contribution in [0.4, 0.5) is 0 Å². The van der Waals surface area contributed by atoms with E-state index >= 15 is 0 Å². The SMILES string of the molecule is CO[Si](C)(OC)c1cccc([Si](C)(OC)OC)c1[Si](C)(OC)OC. The molecule has 0 radical (unpaired) electrons. The average Bonchev–Trinajstić information content (AvgIpc) is 2.65. The van der Waals surface area contributed by atoms with Gasteiger partial charge in [-0.15, -0.1) is 0 Å². The van der Waals surface area contributed by atoms with Crippen LogP contribution in [0.25, 0.3) is 0 Å². The molecule has 9 heteroatoms. The zero-order chi connectivity index (χ0) is 18.6. The molecule has 1 aromatic rings. The molecule has 0 fully saturated rings. The summed E-state index contributed by atoms with van der Waals surface area (Å²) in [6.45, 7) is 6.03. The highest BCUT2D eigenvalue weighted by atomic mass is 28.4. The topological polar surface area (TPSA) is 55.4 Å². The van der Waals surface area contributed by atoms with Crippen molar-refractivity contribution in [1.82, 2.24) is 0 Å². The van der Waals surface area contributed by atoms with Crippen molar-refractivity contribution in [2.45, 2.75) is 19.6 Å². The highest BCUT2D eigenvalue weighted by Gasteiger charge is 2.48. The van der Waals surface area contributed by atoms with Crippen LogP contribution in [0.2, 0.25) is 19.6 Å². The molecular weight excluding hydrogens is 360 g/mol. The van der Waals surface area contributed by atoms with Crippen LogP contribution in [-0.4, -0.2) is 68.3 Å². The monoisotopic (exact) mass is 390 g/mol. The van der Waals surface area contributed by atoms with E-state index in [9.17, 15) is 0 Å². The molecule has 0 aliphatic carbocycles. The van der Waals surface area contributed by atoms with Crippen LogP contribution in [-0.2, 0) is 26.6 Å². The summed E-state index contributed by atoms with van der Waals surface area (Å²) < 4.78 is 34.9. The van der Waals surface area contributed by atoms with E-state index in [2.05, 4.69) is 0 Å². The van der Waals surface area contributed by atoms with Gasteiger partial charge in [0, 0.05) is 47.8 Å². The standard InChI is InChI=1S/C15H30O6Si3/c1-16-22(7,17-2)13-11-10-12-14(23(8,18-3)19-4)15(13)24(9,20-5)21-6/h10-12H,1-9H3. The van der Waals surface area contributed by atoms with Gasteiger partial charge in [-0.25, -0.2) is 0 Å². The summed E-state index contributed by atoms with van der Waals surface area (Å²) in [5.41, 5.74) is 0. The van der Waals surface area contributed by atoms with Gasteiger partial charge in [-0.05, 0) is 30.0 Å². The van der Waals surface area contributed by atoms with Crippen LogP contribution in [0.15, 0.2) is 18.2 Å². The number of hydrogen-bond donors (Lipinski definition) is 0. The van der Waals surface area contributed by atoms with Gasteiger partial charge in [0.2, 0.25) is 0 Å². The van der Waals surface area contributed by atoms with Crippen molar-refractivity contribution < 1.29 is 26.6 Å². The molecule has 1 rings (SSSR count). The maximum Gasteiger partial charge on any atom is 0.368 e. The summed E-state index contributed by atoms with van der Waals surface area (Å²) in [6.07, 6.45) is 0. The number of benzene rings is 1. The molecule has 0 aromatic heterocycles. The molecule has 0 aliphatic rings. The van der Waals surface area contributed by atoms with Crippen molar-refractivity contribution in [3.05, 3.63) is 18.2 Å². The first kappa shape index (κ1) is 21.7.